The largest absolute Gasteiger partial charge is 0.309 e. The molecule has 2 aromatic carbocycles. The third-order valence-electron chi connectivity index (χ3n) is 4.28. The van der Waals surface area contributed by atoms with Crippen LogP contribution < -0.4 is 10.6 Å². The van der Waals surface area contributed by atoms with E-state index in [1.54, 1.807) is 6.92 Å². The third-order valence-corrected chi connectivity index (χ3v) is 8.08. The number of hydrogen-bond acceptors (Lipinski definition) is 3. The van der Waals surface area contributed by atoms with E-state index in [4.69, 9.17) is 0 Å². The van der Waals surface area contributed by atoms with Gasteiger partial charge in [0.25, 0.3) is 0 Å². The Labute approximate surface area is 164 Å². The fraction of sp³-hybridized carbons (Fsp3) is 0.409. The summed E-state index contributed by atoms with van der Waals surface area (Å²) in [5, 5.41) is 2.91. The Morgan fingerprint density at radius 3 is 1.85 bits per heavy atom. The Morgan fingerprint density at radius 2 is 1.42 bits per heavy atom. The van der Waals surface area contributed by atoms with E-state index in [0.29, 0.717) is 0 Å². The zero-order valence-corrected chi connectivity index (χ0v) is 18.1. The van der Waals surface area contributed by atoms with Gasteiger partial charge in [-0.1, -0.05) is 73.6 Å². The van der Waals surface area contributed by atoms with Gasteiger partial charge in [-0.25, -0.2) is 0 Å². The van der Waals surface area contributed by atoms with E-state index in [1.165, 1.54) is 39.9 Å². The normalized spacial score (nSPS) is 12.3. The zero-order valence-electron chi connectivity index (χ0n) is 16.4. The van der Waals surface area contributed by atoms with Crippen LogP contribution in [0.25, 0.3) is 0 Å². The first-order chi connectivity index (χ1) is 12.5. The van der Waals surface area contributed by atoms with Crippen molar-refractivity contribution in [1.82, 2.24) is 4.90 Å². The number of carbonyl (C=O) groups excluding carboxylic acids is 1. The van der Waals surface area contributed by atoms with Crippen LogP contribution in [-0.2, 0) is 17.6 Å². The standard InChI is InChI=1S/C22H30NOPS/c1-5-6-19-7-11-21(12-8-19)25(17-26-18(2)24)22-13-9-20(10-14-22)15-16-23(3)4/h7-14H,5-6,15-17H2,1-4H3. The van der Waals surface area contributed by atoms with E-state index in [9.17, 15) is 4.79 Å². The van der Waals surface area contributed by atoms with Crippen LogP contribution in [0.2, 0.25) is 0 Å². The molecule has 0 aliphatic rings. The van der Waals surface area contributed by atoms with Gasteiger partial charge in [0.15, 0.2) is 5.12 Å². The van der Waals surface area contributed by atoms with Gasteiger partial charge in [-0.2, -0.15) is 0 Å². The molecule has 0 amide bonds. The molecule has 0 saturated carbocycles. The maximum absolute atomic E-state index is 11.5. The average molecular weight is 388 g/mol. The molecule has 0 radical (unpaired) electrons. The van der Waals surface area contributed by atoms with Crippen LogP contribution in [0.4, 0.5) is 0 Å². The Hall–Kier alpha value is -1.15. The van der Waals surface area contributed by atoms with Gasteiger partial charge in [0, 0.05) is 19.0 Å². The summed E-state index contributed by atoms with van der Waals surface area (Å²) in [4.78, 5) is 13.7. The highest BCUT2D eigenvalue weighted by Gasteiger charge is 2.15. The van der Waals surface area contributed by atoms with Crippen LogP contribution in [0, 0.1) is 0 Å². The molecule has 26 heavy (non-hydrogen) atoms. The summed E-state index contributed by atoms with van der Waals surface area (Å²) in [5.41, 5.74) is 3.62. The minimum atomic E-state index is -0.507. The molecule has 2 aromatic rings. The van der Waals surface area contributed by atoms with Crippen molar-refractivity contribution in [2.75, 3.05) is 26.1 Å². The minimum Gasteiger partial charge on any atom is -0.309 e. The summed E-state index contributed by atoms with van der Waals surface area (Å²) in [6.45, 7) is 4.93. The molecule has 0 saturated heterocycles. The van der Waals surface area contributed by atoms with Gasteiger partial charge in [0.2, 0.25) is 0 Å². The first-order valence-corrected chi connectivity index (χ1v) is 11.7. The van der Waals surface area contributed by atoms with E-state index < -0.39 is 7.92 Å². The molecule has 1 atom stereocenters. The number of hydrogen-bond donors (Lipinski definition) is 0. The van der Waals surface area contributed by atoms with Crippen molar-refractivity contribution in [3.05, 3.63) is 59.7 Å². The smallest absolute Gasteiger partial charge is 0.186 e. The van der Waals surface area contributed by atoms with Crippen LogP contribution >= 0.6 is 19.7 Å². The second-order valence-corrected chi connectivity index (χ2v) is 10.6. The molecule has 0 aliphatic heterocycles. The van der Waals surface area contributed by atoms with Crippen LogP contribution in [0.5, 0.6) is 0 Å². The molecule has 0 N–H and O–H groups in total. The van der Waals surface area contributed by atoms with Crippen molar-refractivity contribution < 1.29 is 4.79 Å². The zero-order chi connectivity index (χ0) is 18.9. The predicted molar refractivity (Wildman–Crippen MR) is 118 cm³/mol. The Morgan fingerprint density at radius 1 is 0.923 bits per heavy atom. The van der Waals surface area contributed by atoms with Crippen molar-refractivity contribution in [1.29, 1.82) is 0 Å². The number of aryl methyl sites for hydroxylation is 1. The molecule has 0 fully saturated rings. The minimum absolute atomic E-state index is 0.197. The summed E-state index contributed by atoms with van der Waals surface area (Å²) in [7, 11) is 3.70. The Kier molecular flexibility index (Phi) is 8.84. The lowest BCUT2D eigenvalue weighted by molar-refractivity contribution is -0.109. The number of rotatable bonds is 9. The molecular weight excluding hydrogens is 357 g/mol. The number of nitrogens with zero attached hydrogens (tertiary/aromatic N) is 1. The molecule has 0 aromatic heterocycles. The molecule has 0 bridgehead atoms. The maximum atomic E-state index is 11.5. The van der Waals surface area contributed by atoms with Crippen LogP contribution in [0.1, 0.15) is 31.4 Å². The van der Waals surface area contributed by atoms with E-state index >= 15 is 0 Å². The number of likely N-dealkylation sites (N-methyl/N-ethyl adjacent to an activating group) is 1. The third kappa shape index (κ3) is 6.87. The first-order valence-electron chi connectivity index (χ1n) is 9.23. The van der Waals surface area contributed by atoms with Crippen molar-refractivity contribution >= 4 is 35.4 Å². The van der Waals surface area contributed by atoms with Gasteiger partial charge < -0.3 is 4.90 Å². The molecule has 2 rings (SSSR count). The van der Waals surface area contributed by atoms with E-state index in [2.05, 4.69) is 74.4 Å². The lowest BCUT2D eigenvalue weighted by Gasteiger charge is -2.19. The van der Waals surface area contributed by atoms with Gasteiger partial charge in [-0.3, -0.25) is 4.79 Å². The lowest BCUT2D eigenvalue weighted by Crippen LogP contribution is -2.16. The van der Waals surface area contributed by atoms with E-state index in [0.717, 1.165) is 24.9 Å². The topological polar surface area (TPSA) is 20.3 Å². The van der Waals surface area contributed by atoms with Gasteiger partial charge in [-0.15, -0.1) is 0 Å². The number of carbonyl (C=O) groups is 1. The molecule has 1 unspecified atom stereocenters. The van der Waals surface area contributed by atoms with Gasteiger partial charge in [0.05, 0.1) is 0 Å². The quantitative estimate of drug-likeness (QED) is 0.595. The average Bonchev–Trinajstić information content (AvgIpc) is 2.62. The summed E-state index contributed by atoms with van der Waals surface area (Å²) in [6, 6.07) is 18.0. The molecule has 2 nitrogen and oxygen atoms in total. The van der Waals surface area contributed by atoms with Gasteiger partial charge >= 0.3 is 0 Å². The highest BCUT2D eigenvalue weighted by atomic mass is 32.2. The highest BCUT2D eigenvalue weighted by Crippen LogP contribution is 2.37. The highest BCUT2D eigenvalue weighted by molar-refractivity contribution is 8.18. The first kappa shape index (κ1) is 21.2. The summed E-state index contributed by atoms with van der Waals surface area (Å²) in [6.07, 6.45) is 3.36. The second-order valence-electron chi connectivity index (χ2n) is 6.83. The van der Waals surface area contributed by atoms with Crippen molar-refractivity contribution in [3.63, 3.8) is 0 Å². The molecular formula is C22H30NOPS. The van der Waals surface area contributed by atoms with Crippen LogP contribution in [-0.4, -0.2) is 36.1 Å². The molecule has 0 spiro atoms. The van der Waals surface area contributed by atoms with E-state index in [-0.39, 0.29) is 5.12 Å². The molecule has 0 heterocycles. The SMILES string of the molecule is CCCc1ccc(P(CSC(C)=O)c2ccc(CCN(C)C)cc2)cc1. The van der Waals surface area contributed by atoms with Crippen molar-refractivity contribution in [2.45, 2.75) is 33.1 Å². The van der Waals surface area contributed by atoms with Gasteiger partial charge in [-0.05, 0) is 56.6 Å². The van der Waals surface area contributed by atoms with Crippen molar-refractivity contribution in [2.24, 2.45) is 0 Å². The monoisotopic (exact) mass is 387 g/mol. The van der Waals surface area contributed by atoms with Crippen LogP contribution in [0.15, 0.2) is 48.5 Å². The molecule has 0 aliphatic carbocycles. The lowest BCUT2D eigenvalue weighted by atomic mass is 10.1. The predicted octanol–water partition coefficient (Wildman–Crippen LogP) is 4.41. The van der Waals surface area contributed by atoms with Crippen LogP contribution in [0.3, 0.4) is 0 Å². The fourth-order valence-electron chi connectivity index (χ4n) is 2.78. The molecule has 4 heteroatoms. The fourth-order valence-corrected chi connectivity index (χ4v) is 6.53. The Balaban J connectivity index is 2.19. The summed E-state index contributed by atoms with van der Waals surface area (Å²) < 4.78 is 0. The van der Waals surface area contributed by atoms with Crippen molar-refractivity contribution in [3.8, 4) is 0 Å². The second kappa shape index (κ2) is 10.9. The summed E-state index contributed by atoms with van der Waals surface area (Å²) >= 11 is 1.45. The molecule has 140 valence electrons. The van der Waals surface area contributed by atoms with E-state index in [1.807, 2.05) is 0 Å². The summed E-state index contributed by atoms with van der Waals surface area (Å²) in [5.74, 6) is 0. The van der Waals surface area contributed by atoms with Gasteiger partial charge in [0.1, 0.15) is 0 Å². The maximum Gasteiger partial charge on any atom is 0.186 e. The Bertz CT molecular complexity index is 682. The number of thioether (sulfide) groups is 1. The number of benzene rings is 2.